The molecule has 0 spiro atoms. The molecule has 2 saturated carbocycles. The fraction of sp³-hybridized carbons (Fsp3) is 0.429. The summed E-state index contributed by atoms with van der Waals surface area (Å²) in [7, 11) is 3.06. The fourth-order valence-electron chi connectivity index (χ4n) is 5.73. The van der Waals surface area contributed by atoms with Crippen LogP contribution in [0.5, 0.6) is 0 Å². The van der Waals surface area contributed by atoms with E-state index in [4.69, 9.17) is 31.3 Å². The first-order valence-electron chi connectivity index (χ1n) is 13.7. The Labute approximate surface area is 264 Å². The van der Waals surface area contributed by atoms with Crippen molar-refractivity contribution in [2.24, 2.45) is 11.3 Å². The second-order valence-electron chi connectivity index (χ2n) is 10.4. The van der Waals surface area contributed by atoms with E-state index in [-0.39, 0.29) is 17.9 Å². The van der Waals surface area contributed by atoms with Crippen LogP contribution >= 0.6 is 22.9 Å². The lowest BCUT2D eigenvalue weighted by Crippen LogP contribution is -2.46. The highest BCUT2D eigenvalue weighted by Crippen LogP contribution is 2.69. The van der Waals surface area contributed by atoms with E-state index in [0.29, 0.717) is 20.5 Å². The molecule has 2 fully saturated rings. The van der Waals surface area contributed by atoms with Gasteiger partial charge in [0.25, 0.3) is 0 Å². The molecule has 236 valence electrons. The number of carbonyl (C=O) groups excluding carboxylic acids is 3. The second-order valence-corrected chi connectivity index (χ2v) is 12.1. The van der Waals surface area contributed by atoms with Gasteiger partial charge in [0.1, 0.15) is 0 Å². The number of hydrogen-bond donors (Lipinski definition) is 4. The Morgan fingerprint density at radius 3 is 2.33 bits per heavy atom. The first-order chi connectivity index (χ1) is 21.5. The number of carboxylic acid groups (broad SMARTS) is 2. The highest BCUT2D eigenvalue weighted by atomic mass is 35.5. The second kappa shape index (κ2) is 12.7. The minimum atomic E-state index is -1.31. The number of fused-ring (bicyclic) bond motifs is 2. The normalized spacial score (nSPS) is 22.9. The summed E-state index contributed by atoms with van der Waals surface area (Å²) in [6.45, 7) is 0. The van der Waals surface area contributed by atoms with Gasteiger partial charge >= 0.3 is 23.9 Å². The quantitative estimate of drug-likeness (QED) is 0.171. The van der Waals surface area contributed by atoms with Gasteiger partial charge in [0.2, 0.25) is 11.7 Å². The number of amides is 1. The molecular formula is C28H27ClN6O9S. The summed E-state index contributed by atoms with van der Waals surface area (Å²) in [5, 5.41) is 23.7. The van der Waals surface area contributed by atoms with Crippen molar-refractivity contribution in [3.05, 3.63) is 33.5 Å². The average molecular weight is 659 g/mol. The molecule has 5 atom stereocenters. The molecule has 3 heterocycles. The SMILES string of the molecule is CNC(=O)C12CC1C(n1cnc3c(NC)nc(C#Cc4ccc(Cl)s4)nc31)C(OC(=O)CCC(=O)O)C2OC(=O)CCC(=O)O. The third-order valence-electron chi connectivity index (χ3n) is 7.73. The molecule has 0 radical (unpaired) electrons. The molecule has 0 aliphatic heterocycles. The van der Waals surface area contributed by atoms with Gasteiger partial charge in [0, 0.05) is 20.0 Å². The third kappa shape index (κ3) is 6.26. The molecule has 0 aromatic carbocycles. The molecular weight excluding hydrogens is 632 g/mol. The Balaban J connectivity index is 1.59. The fourth-order valence-corrected chi connectivity index (χ4v) is 6.63. The van der Waals surface area contributed by atoms with E-state index in [1.165, 1.54) is 24.7 Å². The number of imidazole rings is 1. The Morgan fingerprint density at radius 1 is 1.04 bits per heavy atom. The minimum absolute atomic E-state index is 0.135. The van der Waals surface area contributed by atoms with Crippen LogP contribution in [0.4, 0.5) is 5.82 Å². The predicted octanol–water partition coefficient (Wildman–Crippen LogP) is 1.84. The van der Waals surface area contributed by atoms with Crippen molar-refractivity contribution in [3.63, 3.8) is 0 Å². The van der Waals surface area contributed by atoms with Gasteiger partial charge in [-0.2, -0.15) is 0 Å². The Kier molecular flexibility index (Phi) is 8.94. The predicted molar refractivity (Wildman–Crippen MR) is 157 cm³/mol. The molecule has 5 rings (SSSR count). The maximum atomic E-state index is 13.3. The van der Waals surface area contributed by atoms with E-state index in [0.717, 1.165) is 0 Å². The van der Waals surface area contributed by atoms with Crippen molar-refractivity contribution in [1.29, 1.82) is 0 Å². The van der Waals surface area contributed by atoms with Gasteiger partial charge in [-0.1, -0.05) is 11.6 Å². The van der Waals surface area contributed by atoms with E-state index in [9.17, 15) is 24.0 Å². The van der Waals surface area contributed by atoms with E-state index in [2.05, 4.69) is 37.4 Å². The summed E-state index contributed by atoms with van der Waals surface area (Å²) < 4.78 is 13.7. The van der Waals surface area contributed by atoms with Crippen molar-refractivity contribution >= 4 is 69.7 Å². The zero-order valence-corrected chi connectivity index (χ0v) is 25.5. The standard InChI is InChI=1S/C28H27ClN6O9S/c1-30-25-21-26(34-16(33-25)6-4-13-3-5-15(29)45-13)35(12-32-21)22-14-11-28(14,27(42)31-2)24(44-20(41)10-8-18(38)39)23(22)43-19(40)9-7-17(36)37/h3,5,12,14,22-24H,7-11H2,1-2H3,(H,31,42)(H,36,37)(H,38,39)(H,30,33,34). The summed E-state index contributed by atoms with van der Waals surface area (Å²) in [6, 6.07) is 2.63. The largest absolute Gasteiger partial charge is 0.481 e. The molecule has 15 nitrogen and oxygen atoms in total. The van der Waals surface area contributed by atoms with Gasteiger partial charge in [-0.05, 0) is 30.4 Å². The van der Waals surface area contributed by atoms with Gasteiger partial charge in [0.05, 0.1) is 52.7 Å². The number of thiophene rings is 1. The van der Waals surface area contributed by atoms with Gasteiger partial charge < -0.3 is 34.9 Å². The van der Waals surface area contributed by atoms with Crippen molar-refractivity contribution in [1.82, 2.24) is 24.8 Å². The van der Waals surface area contributed by atoms with Crippen molar-refractivity contribution in [3.8, 4) is 11.8 Å². The Bertz CT molecular complexity index is 1760. The highest BCUT2D eigenvalue weighted by Gasteiger charge is 2.78. The van der Waals surface area contributed by atoms with Crippen LogP contribution in [0.15, 0.2) is 18.5 Å². The van der Waals surface area contributed by atoms with Crippen molar-refractivity contribution in [2.75, 3.05) is 19.4 Å². The number of anilines is 1. The lowest BCUT2D eigenvalue weighted by atomic mass is 9.97. The summed E-state index contributed by atoms with van der Waals surface area (Å²) in [4.78, 5) is 75.4. The van der Waals surface area contributed by atoms with Crippen LogP contribution in [-0.2, 0) is 33.4 Å². The summed E-state index contributed by atoms with van der Waals surface area (Å²) in [6.07, 6.45) is -2.86. The smallest absolute Gasteiger partial charge is 0.306 e. The van der Waals surface area contributed by atoms with E-state index in [1.807, 2.05) is 0 Å². The third-order valence-corrected chi connectivity index (χ3v) is 8.87. The van der Waals surface area contributed by atoms with E-state index >= 15 is 0 Å². The molecule has 17 heteroatoms. The van der Waals surface area contributed by atoms with Crippen LogP contribution in [0.3, 0.4) is 0 Å². The molecule has 3 aromatic heterocycles. The maximum absolute atomic E-state index is 13.3. The molecule has 1 amide bonds. The molecule has 2 aliphatic rings. The number of nitrogens with one attached hydrogen (secondary N) is 2. The van der Waals surface area contributed by atoms with Crippen LogP contribution in [0.1, 0.15) is 48.8 Å². The monoisotopic (exact) mass is 658 g/mol. The number of carbonyl (C=O) groups is 5. The number of esters is 2. The number of rotatable bonds is 11. The molecule has 3 aromatic rings. The number of hydrogen-bond acceptors (Lipinski definition) is 12. The van der Waals surface area contributed by atoms with E-state index < -0.39 is 85.1 Å². The van der Waals surface area contributed by atoms with Crippen LogP contribution in [0.2, 0.25) is 4.34 Å². The molecule has 45 heavy (non-hydrogen) atoms. The molecule has 4 N–H and O–H groups in total. The lowest BCUT2D eigenvalue weighted by Gasteiger charge is -2.31. The number of aromatic nitrogens is 4. The average Bonchev–Trinajstić information content (AvgIpc) is 3.23. The lowest BCUT2D eigenvalue weighted by molar-refractivity contribution is -0.175. The molecule has 0 saturated heterocycles. The first-order valence-corrected chi connectivity index (χ1v) is 14.9. The van der Waals surface area contributed by atoms with Crippen molar-refractivity contribution < 1.29 is 43.7 Å². The van der Waals surface area contributed by atoms with Crippen LogP contribution in [0.25, 0.3) is 11.2 Å². The number of halogens is 1. The van der Waals surface area contributed by atoms with Crippen LogP contribution in [0, 0.1) is 23.2 Å². The first kappa shape index (κ1) is 31.7. The van der Waals surface area contributed by atoms with E-state index in [1.54, 1.807) is 23.7 Å². The van der Waals surface area contributed by atoms with Gasteiger partial charge in [-0.3, -0.25) is 24.0 Å². The minimum Gasteiger partial charge on any atom is -0.481 e. The zero-order valence-electron chi connectivity index (χ0n) is 23.9. The maximum Gasteiger partial charge on any atom is 0.306 e. The summed E-state index contributed by atoms with van der Waals surface area (Å²) >= 11 is 7.30. The van der Waals surface area contributed by atoms with Crippen LogP contribution in [-0.4, -0.2) is 85.8 Å². The topological polar surface area (TPSA) is 212 Å². The number of aliphatic carboxylic acids is 2. The molecule has 2 aliphatic carbocycles. The van der Waals surface area contributed by atoms with Crippen molar-refractivity contribution in [2.45, 2.75) is 50.4 Å². The highest BCUT2D eigenvalue weighted by molar-refractivity contribution is 7.16. The number of ether oxygens (including phenoxy) is 2. The zero-order chi connectivity index (χ0) is 32.5. The van der Waals surface area contributed by atoms with Crippen LogP contribution < -0.4 is 10.6 Å². The van der Waals surface area contributed by atoms with Gasteiger partial charge in [0.15, 0.2) is 29.2 Å². The number of nitrogens with zero attached hydrogens (tertiary/aromatic N) is 4. The Morgan fingerprint density at radius 2 is 1.73 bits per heavy atom. The molecule has 5 unspecified atom stereocenters. The number of carboxylic acids is 2. The summed E-state index contributed by atoms with van der Waals surface area (Å²) in [5.41, 5.74) is -0.673. The van der Waals surface area contributed by atoms with Gasteiger partial charge in [-0.25, -0.2) is 15.0 Å². The van der Waals surface area contributed by atoms with Gasteiger partial charge in [-0.15, -0.1) is 11.3 Å². The molecule has 0 bridgehead atoms. The Hall–Kier alpha value is -4.75. The summed E-state index contributed by atoms with van der Waals surface area (Å²) in [5.74, 6) is 1.15.